The fraction of sp³-hybridized carbons (Fsp3) is 0.750. The molecule has 0 saturated carbocycles. The minimum Gasteiger partial charge on any atom is -0.481 e. The summed E-state index contributed by atoms with van der Waals surface area (Å²) < 4.78 is 5.11. The summed E-state index contributed by atoms with van der Waals surface area (Å²) in [5.41, 5.74) is -2.02. The Hall–Kier alpha value is -1.10. The van der Waals surface area contributed by atoms with Gasteiger partial charge in [-0.2, -0.15) is 0 Å². The van der Waals surface area contributed by atoms with Crippen molar-refractivity contribution in [2.75, 3.05) is 0 Å². The predicted octanol–water partition coefficient (Wildman–Crippen LogP) is 0.483. The summed E-state index contributed by atoms with van der Waals surface area (Å²) in [5, 5.41) is 17.3. The number of carbonyl (C=O) groups is 2. The van der Waals surface area contributed by atoms with Gasteiger partial charge in [-0.1, -0.05) is 0 Å². The van der Waals surface area contributed by atoms with Gasteiger partial charge < -0.3 is 14.9 Å². The zero-order valence-electron chi connectivity index (χ0n) is 7.53. The van der Waals surface area contributed by atoms with Gasteiger partial charge in [-0.05, 0) is 13.8 Å². The van der Waals surface area contributed by atoms with Crippen LogP contribution < -0.4 is 0 Å². The maximum Gasteiger partial charge on any atom is 0.336 e. The number of rotatable bonds is 3. The monoisotopic (exact) mass is 188 g/mol. The first-order valence-corrected chi connectivity index (χ1v) is 3.93. The first kappa shape index (κ1) is 9.98. The maximum atomic E-state index is 10.7. The average Bonchev–Trinajstić information content (AvgIpc) is 1.80. The van der Waals surface area contributed by atoms with E-state index in [-0.39, 0.29) is 6.42 Å². The standard InChI is InChI=1S/C8H12O5/c1-7(2)4-8(13-7,6(11)12)3-5(9)10/h3-4H2,1-2H3,(H,9,10)(H,11,12). The fourth-order valence-electron chi connectivity index (χ4n) is 1.75. The molecular weight excluding hydrogens is 176 g/mol. The molecule has 1 aliphatic rings. The fourth-order valence-corrected chi connectivity index (χ4v) is 1.75. The van der Waals surface area contributed by atoms with Gasteiger partial charge in [0.05, 0.1) is 12.0 Å². The summed E-state index contributed by atoms with van der Waals surface area (Å²) in [7, 11) is 0. The Morgan fingerprint density at radius 2 is 1.85 bits per heavy atom. The summed E-state index contributed by atoms with van der Waals surface area (Å²) in [6.07, 6.45) is -0.243. The second-order valence-electron chi connectivity index (χ2n) is 3.91. The molecule has 74 valence electrons. The molecule has 1 unspecified atom stereocenters. The maximum absolute atomic E-state index is 10.7. The van der Waals surface area contributed by atoms with Gasteiger partial charge in [0.25, 0.3) is 0 Å². The molecule has 1 saturated heterocycles. The zero-order chi connectivity index (χ0) is 10.3. The van der Waals surface area contributed by atoms with Crippen molar-refractivity contribution in [3.05, 3.63) is 0 Å². The number of hydrogen-bond acceptors (Lipinski definition) is 3. The summed E-state index contributed by atoms with van der Waals surface area (Å²) in [5.74, 6) is -2.35. The molecule has 1 fully saturated rings. The Bertz CT molecular complexity index is 247. The van der Waals surface area contributed by atoms with Crippen molar-refractivity contribution < 1.29 is 24.5 Å². The van der Waals surface area contributed by atoms with E-state index in [1.54, 1.807) is 13.8 Å². The van der Waals surface area contributed by atoms with E-state index in [0.29, 0.717) is 0 Å². The molecule has 0 amide bonds. The number of hydrogen-bond donors (Lipinski definition) is 2. The Labute approximate surface area is 75.3 Å². The number of carboxylic acids is 2. The van der Waals surface area contributed by atoms with E-state index < -0.39 is 29.6 Å². The molecule has 0 spiro atoms. The molecule has 1 rings (SSSR count). The highest BCUT2D eigenvalue weighted by molar-refractivity contribution is 5.85. The molecule has 5 heteroatoms. The van der Waals surface area contributed by atoms with E-state index in [1.807, 2.05) is 0 Å². The second-order valence-corrected chi connectivity index (χ2v) is 3.91. The molecule has 0 aromatic rings. The van der Waals surface area contributed by atoms with Gasteiger partial charge in [0.1, 0.15) is 0 Å². The summed E-state index contributed by atoms with van der Waals surface area (Å²) in [6.45, 7) is 3.46. The molecule has 0 bridgehead atoms. The third-order valence-corrected chi connectivity index (χ3v) is 2.01. The van der Waals surface area contributed by atoms with Crippen LogP contribution in [0.3, 0.4) is 0 Å². The smallest absolute Gasteiger partial charge is 0.336 e. The van der Waals surface area contributed by atoms with Crippen LogP contribution in [0.25, 0.3) is 0 Å². The predicted molar refractivity (Wildman–Crippen MR) is 42.4 cm³/mol. The number of aliphatic carboxylic acids is 2. The lowest BCUT2D eigenvalue weighted by Crippen LogP contribution is -2.61. The van der Waals surface area contributed by atoms with Crippen LogP contribution in [0.5, 0.6) is 0 Å². The third kappa shape index (κ3) is 1.80. The van der Waals surface area contributed by atoms with Crippen LogP contribution in [-0.2, 0) is 14.3 Å². The normalized spacial score (nSPS) is 30.6. The number of ether oxygens (including phenoxy) is 1. The molecule has 0 aromatic carbocycles. The van der Waals surface area contributed by atoms with Gasteiger partial charge in [0, 0.05) is 6.42 Å². The molecule has 0 radical (unpaired) electrons. The Morgan fingerprint density at radius 1 is 1.38 bits per heavy atom. The molecule has 5 nitrogen and oxygen atoms in total. The first-order chi connectivity index (χ1) is 5.77. The molecule has 1 atom stereocenters. The van der Waals surface area contributed by atoms with Gasteiger partial charge in [0.2, 0.25) is 0 Å². The van der Waals surface area contributed by atoms with Crippen LogP contribution in [0.2, 0.25) is 0 Å². The molecule has 0 aromatic heterocycles. The number of carboxylic acid groups (broad SMARTS) is 2. The van der Waals surface area contributed by atoms with E-state index in [9.17, 15) is 9.59 Å². The molecule has 1 heterocycles. The van der Waals surface area contributed by atoms with E-state index >= 15 is 0 Å². The Balaban J connectivity index is 2.71. The van der Waals surface area contributed by atoms with Crippen molar-refractivity contribution >= 4 is 11.9 Å². The molecule has 0 aliphatic carbocycles. The Kier molecular flexibility index (Phi) is 2.07. The summed E-state index contributed by atoms with van der Waals surface area (Å²) in [6, 6.07) is 0. The minimum atomic E-state index is -1.50. The lowest BCUT2D eigenvalue weighted by Gasteiger charge is -2.49. The third-order valence-electron chi connectivity index (χ3n) is 2.01. The van der Waals surface area contributed by atoms with E-state index in [1.165, 1.54) is 0 Å². The zero-order valence-corrected chi connectivity index (χ0v) is 7.53. The lowest BCUT2D eigenvalue weighted by molar-refractivity contribution is -0.260. The summed E-state index contributed by atoms with van der Waals surface area (Å²) >= 11 is 0. The van der Waals surface area contributed by atoms with Crippen molar-refractivity contribution in [1.29, 1.82) is 0 Å². The van der Waals surface area contributed by atoms with Crippen LogP contribution in [-0.4, -0.2) is 33.4 Å². The molecule has 1 aliphatic heterocycles. The van der Waals surface area contributed by atoms with Gasteiger partial charge in [-0.25, -0.2) is 4.79 Å². The van der Waals surface area contributed by atoms with Crippen molar-refractivity contribution in [3.63, 3.8) is 0 Å². The highest BCUT2D eigenvalue weighted by Crippen LogP contribution is 2.43. The van der Waals surface area contributed by atoms with Gasteiger partial charge in [-0.3, -0.25) is 4.79 Å². The van der Waals surface area contributed by atoms with Crippen LogP contribution in [0.1, 0.15) is 26.7 Å². The van der Waals surface area contributed by atoms with E-state index in [2.05, 4.69) is 0 Å². The molecular formula is C8H12O5. The highest BCUT2D eigenvalue weighted by Gasteiger charge is 2.57. The van der Waals surface area contributed by atoms with Crippen molar-refractivity contribution in [3.8, 4) is 0 Å². The highest BCUT2D eigenvalue weighted by atomic mass is 16.6. The van der Waals surface area contributed by atoms with Crippen LogP contribution in [0.15, 0.2) is 0 Å². The van der Waals surface area contributed by atoms with Crippen LogP contribution >= 0.6 is 0 Å². The summed E-state index contributed by atoms with van der Waals surface area (Å²) in [4.78, 5) is 21.1. The van der Waals surface area contributed by atoms with Crippen LogP contribution in [0, 0.1) is 0 Å². The molecule has 2 N–H and O–H groups in total. The first-order valence-electron chi connectivity index (χ1n) is 3.93. The van der Waals surface area contributed by atoms with Crippen molar-refractivity contribution in [2.24, 2.45) is 0 Å². The van der Waals surface area contributed by atoms with E-state index in [0.717, 1.165) is 0 Å². The Morgan fingerprint density at radius 3 is 2.08 bits per heavy atom. The topological polar surface area (TPSA) is 83.8 Å². The van der Waals surface area contributed by atoms with Crippen molar-refractivity contribution in [2.45, 2.75) is 37.9 Å². The average molecular weight is 188 g/mol. The van der Waals surface area contributed by atoms with Gasteiger partial charge in [0.15, 0.2) is 5.60 Å². The minimum absolute atomic E-state index is 0.238. The van der Waals surface area contributed by atoms with Gasteiger partial charge in [-0.15, -0.1) is 0 Å². The molecule has 13 heavy (non-hydrogen) atoms. The van der Waals surface area contributed by atoms with E-state index in [4.69, 9.17) is 14.9 Å². The SMILES string of the molecule is CC1(C)CC(CC(=O)O)(C(=O)O)O1. The second kappa shape index (κ2) is 2.70. The van der Waals surface area contributed by atoms with Crippen molar-refractivity contribution in [1.82, 2.24) is 0 Å². The lowest BCUT2D eigenvalue weighted by atomic mass is 9.79. The van der Waals surface area contributed by atoms with Crippen LogP contribution in [0.4, 0.5) is 0 Å². The largest absolute Gasteiger partial charge is 0.481 e. The van der Waals surface area contributed by atoms with Gasteiger partial charge >= 0.3 is 11.9 Å². The quantitative estimate of drug-likeness (QED) is 0.673.